The van der Waals surface area contributed by atoms with Gasteiger partial charge in [-0.15, -0.1) is 0 Å². The molecule has 0 aromatic heterocycles. The number of benzene rings is 1. The van der Waals surface area contributed by atoms with E-state index in [-0.39, 0.29) is 0 Å². The summed E-state index contributed by atoms with van der Waals surface area (Å²) in [4.78, 5) is 1.44. The van der Waals surface area contributed by atoms with Crippen molar-refractivity contribution in [3.8, 4) is 0 Å². The van der Waals surface area contributed by atoms with Crippen LogP contribution in [0.15, 0.2) is 35.2 Å². The van der Waals surface area contributed by atoms with Crippen LogP contribution in [0, 0.1) is 0 Å². The maximum atomic E-state index is 9.93. The van der Waals surface area contributed by atoms with E-state index >= 15 is 0 Å². The fourth-order valence-electron chi connectivity index (χ4n) is 0.693. The summed E-state index contributed by atoms with van der Waals surface area (Å²) in [5.74, 6) is 0. The van der Waals surface area contributed by atoms with Crippen LogP contribution in [-0.4, -0.2) is 32.0 Å². The van der Waals surface area contributed by atoms with Crippen LogP contribution < -0.4 is 0 Å². The van der Waals surface area contributed by atoms with E-state index < -0.39 is 19.5 Å². The van der Waals surface area contributed by atoms with E-state index in [1.807, 2.05) is 0 Å². The molecule has 0 aliphatic carbocycles. The topological polar surface area (TPSA) is 0 Å². The molecule has 0 N–H and O–H groups in total. The zero-order valence-electron chi connectivity index (χ0n) is 8.51. The molecule has 96 valence electrons. The van der Waals surface area contributed by atoms with Gasteiger partial charge in [-0.2, -0.15) is 0 Å². The molecule has 0 amide bonds. The third-order valence-electron chi connectivity index (χ3n) is 1.21. The Morgan fingerprint density at radius 2 is 1.12 bits per heavy atom. The summed E-state index contributed by atoms with van der Waals surface area (Å²) in [6.45, 7) is 0. The SMILES string of the molecule is C[S+](C)c1ccccc1.[F][Sb-]([F])([F])([F])([F])[F]. The Bertz CT molecular complexity index is 317. The van der Waals surface area contributed by atoms with Gasteiger partial charge in [0.05, 0.1) is 0 Å². The fraction of sp³-hybridized carbons (Fsp3) is 0.250. The van der Waals surface area contributed by atoms with Crippen LogP contribution in [0.4, 0.5) is 16.9 Å². The van der Waals surface area contributed by atoms with Crippen LogP contribution in [-0.2, 0) is 10.9 Å². The van der Waals surface area contributed by atoms with E-state index in [4.69, 9.17) is 0 Å². The summed E-state index contributed by atoms with van der Waals surface area (Å²) >= 11 is -11.2. The van der Waals surface area contributed by atoms with Gasteiger partial charge in [0.15, 0.2) is 4.90 Å². The molecule has 0 fully saturated rings. The van der Waals surface area contributed by atoms with Gasteiger partial charge in [0, 0.05) is 10.9 Å². The average Bonchev–Trinajstić information content (AvgIpc) is 2.00. The van der Waals surface area contributed by atoms with E-state index in [0.29, 0.717) is 10.9 Å². The Labute approximate surface area is 94.9 Å². The Morgan fingerprint density at radius 3 is 1.31 bits per heavy atom. The molecule has 8 heteroatoms. The maximum absolute atomic E-state index is 11.2. The van der Waals surface area contributed by atoms with Crippen LogP contribution in [0.3, 0.4) is 0 Å². The van der Waals surface area contributed by atoms with Gasteiger partial charge in [0.25, 0.3) is 0 Å². The van der Waals surface area contributed by atoms with Gasteiger partial charge in [0.2, 0.25) is 0 Å². The first-order valence-corrected chi connectivity index (χ1v) is 11.8. The summed E-state index contributed by atoms with van der Waals surface area (Å²) < 4.78 is 59.6. The van der Waals surface area contributed by atoms with E-state index in [1.165, 1.54) is 4.90 Å². The van der Waals surface area contributed by atoms with Gasteiger partial charge >= 0.3 is 36.4 Å². The predicted octanol–water partition coefficient (Wildman–Crippen LogP) is 4.06. The summed E-state index contributed by atoms with van der Waals surface area (Å²) in [6.07, 6.45) is 4.46. The first-order chi connectivity index (χ1) is 6.75. The summed E-state index contributed by atoms with van der Waals surface area (Å²) in [7, 11) is 0.421. The second-order valence-corrected chi connectivity index (χ2v) is 10.7. The molecule has 1 rings (SSSR count). The minimum atomic E-state index is -11.2. The zero-order chi connectivity index (χ0) is 13.1. The summed E-state index contributed by atoms with van der Waals surface area (Å²) in [5.41, 5.74) is 0. The number of hydrogen-bond acceptors (Lipinski definition) is 0. The van der Waals surface area contributed by atoms with Crippen LogP contribution in [0.1, 0.15) is 0 Å². The van der Waals surface area contributed by atoms with Crippen LogP contribution >= 0.6 is 0 Å². The van der Waals surface area contributed by atoms with Gasteiger partial charge in [-0.05, 0) is 12.1 Å². The molecule has 1 aromatic carbocycles. The van der Waals surface area contributed by atoms with Gasteiger partial charge in [-0.25, -0.2) is 0 Å². The standard InChI is InChI=1S/C8H11S.6FH.Sb/c1-9(2)8-6-4-3-5-7-8;;;;;;;/h3-7H,1-2H3;6*1H;/q+1;;;;;;;+5/p-6. The first-order valence-electron chi connectivity index (χ1n) is 3.95. The number of hydrogen-bond donors (Lipinski definition) is 0. The predicted molar refractivity (Wildman–Crippen MR) is 56.3 cm³/mol. The molecule has 0 aliphatic heterocycles. The zero-order valence-corrected chi connectivity index (χ0v) is 11.9. The van der Waals surface area contributed by atoms with Gasteiger partial charge in [-0.3, -0.25) is 0 Å². The van der Waals surface area contributed by atoms with Crippen molar-refractivity contribution in [1.82, 2.24) is 0 Å². The van der Waals surface area contributed by atoms with Crippen LogP contribution in [0.5, 0.6) is 0 Å². The minimum absolute atomic E-state index is 0.421. The van der Waals surface area contributed by atoms with Gasteiger partial charge < -0.3 is 0 Å². The summed E-state index contributed by atoms with van der Waals surface area (Å²) in [5, 5.41) is 0. The van der Waals surface area contributed by atoms with Crippen molar-refractivity contribution in [2.45, 2.75) is 4.90 Å². The molecule has 0 nitrogen and oxygen atoms in total. The Morgan fingerprint density at radius 1 is 0.812 bits per heavy atom. The molecule has 0 bridgehead atoms. The van der Waals surface area contributed by atoms with Crippen molar-refractivity contribution in [2.24, 2.45) is 0 Å². The average molecular weight is 375 g/mol. The molecule has 16 heavy (non-hydrogen) atoms. The van der Waals surface area contributed by atoms with E-state index in [2.05, 4.69) is 42.8 Å². The van der Waals surface area contributed by atoms with E-state index in [0.717, 1.165) is 0 Å². The van der Waals surface area contributed by atoms with Crippen molar-refractivity contribution < 1.29 is 16.9 Å². The second kappa shape index (κ2) is 4.33. The Kier molecular flexibility index (Phi) is 4.32. The van der Waals surface area contributed by atoms with Crippen molar-refractivity contribution in [3.63, 3.8) is 0 Å². The molecule has 0 spiro atoms. The molecule has 1 aromatic rings. The quantitative estimate of drug-likeness (QED) is 0.395. The molecule has 0 saturated carbocycles. The van der Waals surface area contributed by atoms with E-state index in [1.54, 1.807) is 0 Å². The van der Waals surface area contributed by atoms with Crippen molar-refractivity contribution in [3.05, 3.63) is 30.3 Å². The number of halogens is 6. The van der Waals surface area contributed by atoms with Crippen molar-refractivity contribution in [2.75, 3.05) is 12.5 Å². The Balaban J connectivity index is 0.000000293. The molecule has 0 atom stereocenters. The van der Waals surface area contributed by atoms with Crippen LogP contribution in [0.25, 0.3) is 0 Å². The van der Waals surface area contributed by atoms with Crippen LogP contribution in [0.2, 0.25) is 0 Å². The second-order valence-electron chi connectivity index (χ2n) is 3.09. The number of rotatable bonds is 1. The van der Waals surface area contributed by atoms with Crippen molar-refractivity contribution >= 4 is 30.4 Å². The van der Waals surface area contributed by atoms with Crippen molar-refractivity contribution in [1.29, 1.82) is 0 Å². The normalized spacial score (nSPS) is 15.8. The molecular weight excluding hydrogens is 364 g/mol. The molecule has 0 heterocycles. The third kappa shape index (κ3) is 16.4. The molecule has 0 unspecified atom stereocenters. The first kappa shape index (κ1) is 16.0. The molecule has 0 saturated heterocycles. The monoisotopic (exact) mass is 374 g/mol. The molecule has 0 radical (unpaired) electrons. The summed E-state index contributed by atoms with van der Waals surface area (Å²) in [6, 6.07) is 10.6. The molecular formula is C8H11F6SSb. The Hall–Kier alpha value is -0.0318. The van der Waals surface area contributed by atoms with Gasteiger partial charge in [-0.1, -0.05) is 18.2 Å². The third-order valence-corrected chi connectivity index (χ3v) is 2.43. The fourth-order valence-corrected chi connectivity index (χ4v) is 1.39. The van der Waals surface area contributed by atoms with E-state index in [9.17, 15) is 16.9 Å². The molecule has 0 aliphatic rings. The van der Waals surface area contributed by atoms with Gasteiger partial charge in [0.1, 0.15) is 12.5 Å².